The number of likely N-dealkylation sites (tertiary alicyclic amines) is 1. The number of amides is 1. The van der Waals surface area contributed by atoms with Crippen LogP contribution in [-0.2, 0) is 22.6 Å². The molecule has 34 heavy (non-hydrogen) atoms. The van der Waals surface area contributed by atoms with Crippen molar-refractivity contribution in [1.29, 1.82) is 0 Å². The summed E-state index contributed by atoms with van der Waals surface area (Å²) in [5.74, 6) is -0.740. The summed E-state index contributed by atoms with van der Waals surface area (Å²) in [6, 6.07) is 18.5. The predicted molar refractivity (Wildman–Crippen MR) is 132 cm³/mol. The summed E-state index contributed by atoms with van der Waals surface area (Å²) in [7, 11) is 0. The number of nitrogens with two attached hydrogens (primary N) is 1. The van der Waals surface area contributed by atoms with Crippen LogP contribution in [0.15, 0.2) is 60.7 Å². The molecule has 1 amide bonds. The summed E-state index contributed by atoms with van der Waals surface area (Å²) in [6.45, 7) is 4.74. The summed E-state index contributed by atoms with van der Waals surface area (Å²) in [5.41, 5.74) is 8.46. The average Bonchev–Trinajstić information content (AvgIpc) is 3.25. The molecule has 0 aromatic heterocycles. The van der Waals surface area contributed by atoms with Crippen LogP contribution in [0.2, 0.25) is 0 Å². The average molecular weight is 468 g/mol. The van der Waals surface area contributed by atoms with E-state index < -0.39 is 18.1 Å². The molecule has 1 aliphatic rings. The minimum absolute atomic E-state index is 0.0458. The van der Waals surface area contributed by atoms with Gasteiger partial charge in [0.15, 0.2) is 0 Å². The van der Waals surface area contributed by atoms with Crippen LogP contribution in [0, 0.1) is 5.92 Å². The summed E-state index contributed by atoms with van der Waals surface area (Å²) >= 11 is 0. The Morgan fingerprint density at radius 2 is 1.74 bits per heavy atom. The summed E-state index contributed by atoms with van der Waals surface area (Å²) in [6.07, 6.45) is 2.39. The minimum atomic E-state index is -0.875. The molecule has 4 N–H and O–H groups in total. The van der Waals surface area contributed by atoms with Crippen LogP contribution < -0.4 is 11.1 Å². The van der Waals surface area contributed by atoms with Gasteiger partial charge in [-0.05, 0) is 43.2 Å². The number of nitrogens with zero attached hydrogens (tertiary/aromatic N) is 1. The molecular weight excluding hydrogens is 430 g/mol. The number of benzene rings is 2. The van der Waals surface area contributed by atoms with E-state index >= 15 is 0 Å². The molecule has 0 bridgehead atoms. The van der Waals surface area contributed by atoms with Gasteiger partial charge in [-0.25, -0.2) is 4.79 Å². The highest BCUT2D eigenvalue weighted by molar-refractivity contribution is 5.74. The summed E-state index contributed by atoms with van der Waals surface area (Å²) in [5, 5.41) is 12.9. The molecule has 1 fully saturated rings. The summed E-state index contributed by atoms with van der Waals surface area (Å²) in [4.78, 5) is 26.7. The lowest BCUT2D eigenvalue weighted by Crippen LogP contribution is -2.52. The third-order valence-electron chi connectivity index (χ3n) is 6.66. The zero-order valence-corrected chi connectivity index (χ0v) is 20.1. The standard InChI is InChI=1S/C27H37N3O4/c1-3-10-23(19(2)28)24(15-20-11-6-4-7-12-20)30-17-22(16-25(30)26(31)32)29-27(33)34-18-21-13-8-5-9-14-21/h4-9,11-14,19,22-25H,3,10,15-18,28H2,1-2H3,(H,29,33)(H,31,32). The summed E-state index contributed by atoms with van der Waals surface area (Å²) < 4.78 is 5.37. The number of carbonyl (C=O) groups is 2. The third kappa shape index (κ3) is 7.05. The Kier molecular flexibility index (Phi) is 9.48. The number of carboxylic acid groups (broad SMARTS) is 1. The SMILES string of the molecule is CCCC(C(C)N)C(Cc1ccccc1)N1CC(NC(=O)OCc2ccccc2)CC1C(=O)O. The van der Waals surface area contributed by atoms with Crippen LogP contribution in [0.25, 0.3) is 0 Å². The normalized spacial score (nSPS) is 20.9. The Balaban J connectivity index is 1.74. The zero-order chi connectivity index (χ0) is 24.5. The molecule has 2 aromatic rings. The van der Waals surface area contributed by atoms with Gasteiger partial charge < -0.3 is 20.9 Å². The molecule has 5 atom stereocenters. The lowest BCUT2D eigenvalue weighted by molar-refractivity contribution is -0.143. The van der Waals surface area contributed by atoms with Crippen LogP contribution in [-0.4, -0.2) is 52.8 Å². The first-order chi connectivity index (χ1) is 16.4. The van der Waals surface area contributed by atoms with Crippen molar-refractivity contribution in [2.45, 2.75) is 70.3 Å². The van der Waals surface area contributed by atoms with E-state index in [9.17, 15) is 14.7 Å². The molecule has 0 radical (unpaired) electrons. The number of ether oxygens (including phenoxy) is 1. The van der Waals surface area contributed by atoms with Crippen molar-refractivity contribution in [1.82, 2.24) is 10.2 Å². The Hall–Kier alpha value is -2.90. The van der Waals surface area contributed by atoms with E-state index in [4.69, 9.17) is 10.5 Å². The van der Waals surface area contributed by atoms with Crippen molar-refractivity contribution in [3.63, 3.8) is 0 Å². The van der Waals surface area contributed by atoms with Gasteiger partial charge in [0.25, 0.3) is 0 Å². The quantitative estimate of drug-likeness (QED) is 0.464. The number of alkyl carbamates (subject to hydrolysis) is 1. The molecule has 0 spiro atoms. The molecule has 0 aliphatic carbocycles. The van der Waals surface area contributed by atoms with Gasteiger partial charge in [0.2, 0.25) is 0 Å². The molecular formula is C27H37N3O4. The molecule has 1 saturated heterocycles. The second-order valence-corrected chi connectivity index (χ2v) is 9.26. The largest absolute Gasteiger partial charge is 0.480 e. The van der Waals surface area contributed by atoms with Gasteiger partial charge in [-0.15, -0.1) is 0 Å². The van der Waals surface area contributed by atoms with Gasteiger partial charge in [-0.1, -0.05) is 74.0 Å². The van der Waals surface area contributed by atoms with Crippen molar-refractivity contribution in [3.8, 4) is 0 Å². The first kappa shape index (κ1) is 25.7. The van der Waals surface area contributed by atoms with Gasteiger partial charge in [0.05, 0.1) is 0 Å². The van der Waals surface area contributed by atoms with Gasteiger partial charge >= 0.3 is 12.1 Å². The van der Waals surface area contributed by atoms with Crippen molar-refractivity contribution in [3.05, 3.63) is 71.8 Å². The van der Waals surface area contributed by atoms with E-state index in [2.05, 4.69) is 24.4 Å². The van der Waals surface area contributed by atoms with Crippen molar-refractivity contribution in [2.75, 3.05) is 6.54 Å². The van der Waals surface area contributed by atoms with Crippen LogP contribution in [0.4, 0.5) is 4.79 Å². The number of hydrogen-bond acceptors (Lipinski definition) is 5. The highest BCUT2D eigenvalue weighted by Gasteiger charge is 2.43. The number of nitrogens with one attached hydrogen (secondary N) is 1. The molecule has 5 unspecified atom stereocenters. The van der Waals surface area contributed by atoms with E-state index in [1.54, 1.807) is 0 Å². The molecule has 3 rings (SSSR count). The molecule has 0 saturated carbocycles. The topological polar surface area (TPSA) is 105 Å². The third-order valence-corrected chi connectivity index (χ3v) is 6.66. The Morgan fingerprint density at radius 1 is 1.12 bits per heavy atom. The lowest BCUT2D eigenvalue weighted by Gasteiger charge is -2.39. The van der Waals surface area contributed by atoms with Crippen molar-refractivity contribution >= 4 is 12.1 Å². The Labute approximate surface area is 202 Å². The van der Waals surface area contributed by atoms with Crippen LogP contribution in [0.3, 0.4) is 0 Å². The fraction of sp³-hybridized carbons (Fsp3) is 0.481. The fourth-order valence-corrected chi connectivity index (χ4v) is 5.02. The smallest absolute Gasteiger partial charge is 0.407 e. The van der Waals surface area contributed by atoms with E-state index in [1.807, 2.05) is 60.4 Å². The van der Waals surface area contributed by atoms with Gasteiger partial charge in [0.1, 0.15) is 12.6 Å². The van der Waals surface area contributed by atoms with Crippen molar-refractivity contribution < 1.29 is 19.4 Å². The molecule has 7 nitrogen and oxygen atoms in total. The van der Waals surface area contributed by atoms with Gasteiger partial charge in [-0.3, -0.25) is 9.69 Å². The monoisotopic (exact) mass is 467 g/mol. The maximum absolute atomic E-state index is 12.4. The van der Waals surface area contributed by atoms with E-state index in [0.29, 0.717) is 19.4 Å². The molecule has 2 aromatic carbocycles. The zero-order valence-electron chi connectivity index (χ0n) is 20.1. The van der Waals surface area contributed by atoms with E-state index in [-0.39, 0.29) is 30.7 Å². The highest BCUT2D eigenvalue weighted by Crippen LogP contribution is 2.30. The maximum Gasteiger partial charge on any atom is 0.407 e. The number of carbonyl (C=O) groups excluding carboxylic acids is 1. The lowest BCUT2D eigenvalue weighted by atomic mass is 9.84. The van der Waals surface area contributed by atoms with Crippen LogP contribution in [0.1, 0.15) is 44.2 Å². The fourth-order valence-electron chi connectivity index (χ4n) is 5.02. The molecule has 184 valence electrons. The van der Waals surface area contributed by atoms with Crippen molar-refractivity contribution in [2.24, 2.45) is 11.7 Å². The first-order valence-electron chi connectivity index (χ1n) is 12.1. The number of carboxylic acids is 1. The Bertz CT molecular complexity index is 907. The maximum atomic E-state index is 12.4. The van der Waals surface area contributed by atoms with Gasteiger partial charge in [-0.2, -0.15) is 0 Å². The highest BCUT2D eigenvalue weighted by atomic mass is 16.5. The minimum Gasteiger partial charge on any atom is -0.480 e. The molecule has 7 heteroatoms. The first-order valence-corrected chi connectivity index (χ1v) is 12.1. The molecule has 1 heterocycles. The van der Waals surface area contributed by atoms with E-state index in [0.717, 1.165) is 24.0 Å². The molecule has 1 aliphatic heterocycles. The van der Waals surface area contributed by atoms with Gasteiger partial charge in [0, 0.05) is 24.7 Å². The van der Waals surface area contributed by atoms with Crippen LogP contribution >= 0.6 is 0 Å². The number of aliphatic carboxylic acids is 1. The predicted octanol–water partition coefficient (Wildman–Crippen LogP) is 3.82. The number of hydrogen-bond donors (Lipinski definition) is 3. The van der Waals surface area contributed by atoms with Crippen LogP contribution in [0.5, 0.6) is 0 Å². The number of rotatable bonds is 11. The van der Waals surface area contributed by atoms with E-state index in [1.165, 1.54) is 0 Å². The second-order valence-electron chi connectivity index (χ2n) is 9.26. The Morgan fingerprint density at radius 3 is 2.29 bits per heavy atom. The second kappa shape index (κ2) is 12.5.